The molecule has 1 atom stereocenters. The van der Waals surface area contributed by atoms with E-state index in [-0.39, 0.29) is 11.9 Å². The van der Waals surface area contributed by atoms with E-state index >= 15 is 0 Å². The number of carbonyl (C=O) groups excluding carboxylic acids is 1. The lowest BCUT2D eigenvalue weighted by molar-refractivity contribution is -0.126. The molecule has 1 N–H and O–H groups in total. The molecule has 1 aromatic rings. The Bertz CT molecular complexity index is 462. The molecule has 0 fully saturated rings. The maximum absolute atomic E-state index is 11.8. The summed E-state index contributed by atoms with van der Waals surface area (Å²) >= 11 is 0. The minimum absolute atomic E-state index is 0.154. The van der Waals surface area contributed by atoms with Crippen LogP contribution in [-0.4, -0.2) is 25.5 Å². The van der Waals surface area contributed by atoms with Gasteiger partial charge in [0.2, 0.25) is 5.91 Å². The summed E-state index contributed by atoms with van der Waals surface area (Å²) in [6.07, 6.45) is 0. The molecule has 1 amide bonds. The highest BCUT2D eigenvalue weighted by Gasteiger charge is 2.27. The van der Waals surface area contributed by atoms with Gasteiger partial charge >= 0.3 is 0 Å². The molecule has 1 unspecified atom stereocenters. The molecule has 0 bridgehead atoms. The number of hydrogen-bond donors (Lipinski definition) is 1. The van der Waals surface area contributed by atoms with E-state index in [0.717, 1.165) is 5.69 Å². The van der Waals surface area contributed by atoms with Crippen LogP contribution in [0.2, 0.25) is 0 Å². The molecule has 1 aromatic carbocycles. The third kappa shape index (κ3) is 3.99. The molecular weight excluding hydrogens is 238 g/mol. The van der Waals surface area contributed by atoms with Gasteiger partial charge in [-0.1, -0.05) is 18.2 Å². The smallest absolute Gasteiger partial charge is 0.239 e. The fraction of sp³-hybridized carbons (Fsp3) is 0.467. The molecule has 0 saturated carbocycles. The summed E-state index contributed by atoms with van der Waals surface area (Å²) in [7, 11) is 1.99. The second kappa shape index (κ2) is 6.24. The van der Waals surface area contributed by atoms with Crippen molar-refractivity contribution in [2.24, 2.45) is 5.41 Å². The Balaban J connectivity index is 2.55. The van der Waals surface area contributed by atoms with Gasteiger partial charge in [0.15, 0.2) is 0 Å². The van der Waals surface area contributed by atoms with Crippen molar-refractivity contribution in [1.82, 2.24) is 5.32 Å². The SMILES string of the molecule is CC(CNC(=O)C(C)(C)C#N)N(C)c1ccccc1. The third-order valence-corrected chi connectivity index (χ3v) is 3.23. The van der Waals surface area contributed by atoms with Crippen molar-refractivity contribution in [2.45, 2.75) is 26.8 Å². The minimum Gasteiger partial charge on any atom is -0.370 e. The largest absolute Gasteiger partial charge is 0.370 e. The zero-order chi connectivity index (χ0) is 14.5. The van der Waals surface area contributed by atoms with Gasteiger partial charge in [0.1, 0.15) is 5.41 Å². The average Bonchev–Trinajstić information content (AvgIpc) is 2.44. The quantitative estimate of drug-likeness (QED) is 0.881. The lowest BCUT2D eigenvalue weighted by Gasteiger charge is -2.28. The zero-order valence-corrected chi connectivity index (χ0v) is 12.0. The lowest BCUT2D eigenvalue weighted by Crippen LogP contribution is -2.44. The molecule has 4 nitrogen and oxygen atoms in total. The molecule has 0 aromatic heterocycles. The monoisotopic (exact) mass is 259 g/mol. The molecule has 0 saturated heterocycles. The maximum Gasteiger partial charge on any atom is 0.239 e. The third-order valence-electron chi connectivity index (χ3n) is 3.23. The maximum atomic E-state index is 11.8. The van der Waals surface area contributed by atoms with E-state index < -0.39 is 5.41 Å². The summed E-state index contributed by atoms with van der Waals surface area (Å²) in [6.45, 7) is 5.78. The lowest BCUT2D eigenvalue weighted by atomic mass is 9.95. The van der Waals surface area contributed by atoms with E-state index in [1.54, 1.807) is 13.8 Å². The number of nitrogens with one attached hydrogen (secondary N) is 1. The van der Waals surface area contributed by atoms with Gasteiger partial charge in [0, 0.05) is 25.3 Å². The van der Waals surface area contributed by atoms with E-state index in [9.17, 15) is 4.79 Å². The normalized spacial score (nSPS) is 12.4. The van der Waals surface area contributed by atoms with Crippen molar-refractivity contribution in [3.63, 3.8) is 0 Å². The van der Waals surface area contributed by atoms with Crippen LogP contribution in [0.4, 0.5) is 5.69 Å². The summed E-state index contributed by atoms with van der Waals surface area (Å²) in [6, 6.07) is 12.1. The number of likely N-dealkylation sites (N-methyl/N-ethyl adjacent to an activating group) is 1. The molecule has 4 heteroatoms. The van der Waals surface area contributed by atoms with Crippen LogP contribution in [0.15, 0.2) is 30.3 Å². The van der Waals surface area contributed by atoms with E-state index in [0.29, 0.717) is 6.54 Å². The molecule has 1 rings (SSSR count). The molecule has 19 heavy (non-hydrogen) atoms. The van der Waals surface area contributed by atoms with Gasteiger partial charge in [-0.25, -0.2) is 0 Å². The molecule has 0 aliphatic carbocycles. The molecule has 0 spiro atoms. The van der Waals surface area contributed by atoms with Gasteiger partial charge in [0.25, 0.3) is 0 Å². The fourth-order valence-corrected chi connectivity index (χ4v) is 1.57. The Morgan fingerprint density at radius 3 is 2.53 bits per heavy atom. The van der Waals surface area contributed by atoms with E-state index in [1.807, 2.05) is 50.4 Å². The first kappa shape index (κ1) is 15.0. The average molecular weight is 259 g/mol. The van der Waals surface area contributed by atoms with Crippen LogP contribution in [0.25, 0.3) is 0 Å². The highest BCUT2D eigenvalue weighted by molar-refractivity contribution is 5.84. The Kier molecular flexibility index (Phi) is 4.94. The van der Waals surface area contributed by atoms with Crippen molar-refractivity contribution >= 4 is 11.6 Å². The number of hydrogen-bond acceptors (Lipinski definition) is 3. The van der Waals surface area contributed by atoms with Gasteiger partial charge in [-0.15, -0.1) is 0 Å². The Morgan fingerprint density at radius 2 is 2.00 bits per heavy atom. The number of anilines is 1. The first-order valence-electron chi connectivity index (χ1n) is 6.36. The second-order valence-electron chi connectivity index (χ2n) is 5.24. The van der Waals surface area contributed by atoms with Gasteiger partial charge in [-0.2, -0.15) is 5.26 Å². The number of rotatable bonds is 5. The summed E-state index contributed by atoms with van der Waals surface area (Å²) in [5, 5.41) is 11.7. The number of carbonyl (C=O) groups is 1. The first-order chi connectivity index (χ1) is 8.88. The van der Waals surface area contributed by atoms with Crippen LogP contribution >= 0.6 is 0 Å². The molecule has 0 heterocycles. The van der Waals surface area contributed by atoms with Crippen LogP contribution in [-0.2, 0) is 4.79 Å². The summed E-state index contributed by atoms with van der Waals surface area (Å²) in [5.74, 6) is -0.233. The number of nitriles is 1. The van der Waals surface area contributed by atoms with Crippen molar-refractivity contribution in [3.05, 3.63) is 30.3 Å². The number of benzene rings is 1. The molecule has 0 aliphatic heterocycles. The Labute approximate surface area is 115 Å². The molecule has 0 radical (unpaired) electrons. The molecular formula is C15H21N3O. The minimum atomic E-state index is -0.981. The van der Waals surface area contributed by atoms with E-state index in [4.69, 9.17) is 5.26 Å². The highest BCUT2D eigenvalue weighted by atomic mass is 16.2. The topological polar surface area (TPSA) is 56.1 Å². The van der Waals surface area contributed by atoms with Crippen molar-refractivity contribution in [3.8, 4) is 6.07 Å². The predicted molar refractivity (Wildman–Crippen MR) is 76.7 cm³/mol. The van der Waals surface area contributed by atoms with Gasteiger partial charge in [-0.3, -0.25) is 4.79 Å². The summed E-state index contributed by atoms with van der Waals surface area (Å²) in [4.78, 5) is 13.9. The predicted octanol–water partition coefficient (Wildman–Crippen LogP) is 2.18. The molecule has 102 valence electrons. The van der Waals surface area contributed by atoms with Crippen molar-refractivity contribution in [2.75, 3.05) is 18.5 Å². The van der Waals surface area contributed by atoms with Gasteiger partial charge < -0.3 is 10.2 Å². The summed E-state index contributed by atoms with van der Waals surface area (Å²) in [5.41, 5.74) is 0.120. The number of amides is 1. The van der Waals surface area contributed by atoms with Crippen LogP contribution < -0.4 is 10.2 Å². The Hall–Kier alpha value is -2.02. The standard InChI is InChI=1S/C15H21N3O/c1-12(10-17-14(19)15(2,3)11-16)18(4)13-8-6-5-7-9-13/h5-9,12H,10H2,1-4H3,(H,17,19). The van der Waals surface area contributed by atoms with Crippen molar-refractivity contribution in [1.29, 1.82) is 5.26 Å². The molecule has 0 aliphatic rings. The van der Waals surface area contributed by atoms with Crippen LogP contribution in [0.3, 0.4) is 0 Å². The van der Waals surface area contributed by atoms with Crippen LogP contribution in [0, 0.1) is 16.7 Å². The van der Waals surface area contributed by atoms with E-state index in [2.05, 4.69) is 10.2 Å². The van der Waals surface area contributed by atoms with Gasteiger partial charge in [-0.05, 0) is 32.9 Å². The van der Waals surface area contributed by atoms with Gasteiger partial charge in [0.05, 0.1) is 6.07 Å². The number of nitrogens with zero attached hydrogens (tertiary/aromatic N) is 2. The fourth-order valence-electron chi connectivity index (χ4n) is 1.57. The van der Waals surface area contributed by atoms with Crippen LogP contribution in [0.5, 0.6) is 0 Å². The van der Waals surface area contributed by atoms with Crippen molar-refractivity contribution < 1.29 is 4.79 Å². The number of para-hydroxylation sites is 1. The van der Waals surface area contributed by atoms with E-state index in [1.165, 1.54) is 0 Å². The second-order valence-corrected chi connectivity index (χ2v) is 5.24. The Morgan fingerprint density at radius 1 is 1.42 bits per heavy atom. The summed E-state index contributed by atoms with van der Waals surface area (Å²) < 4.78 is 0. The van der Waals surface area contributed by atoms with Crippen LogP contribution in [0.1, 0.15) is 20.8 Å². The zero-order valence-electron chi connectivity index (χ0n) is 12.0. The highest BCUT2D eigenvalue weighted by Crippen LogP contribution is 2.15. The first-order valence-corrected chi connectivity index (χ1v) is 6.36.